The monoisotopic (exact) mass is 305 g/mol. The summed E-state index contributed by atoms with van der Waals surface area (Å²) in [7, 11) is 0. The molecule has 1 fully saturated rings. The van der Waals surface area contributed by atoms with Crippen LogP contribution in [0, 0.1) is 10.5 Å². The van der Waals surface area contributed by atoms with Gasteiger partial charge in [-0.25, -0.2) is 9.97 Å². The summed E-state index contributed by atoms with van der Waals surface area (Å²) >= 11 is 2.16. The van der Waals surface area contributed by atoms with Crippen molar-refractivity contribution in [3.8, 4) is 0 Å². The molecule has 1 aromatic heterocycles. The van der Waals surface area contributed by atoms with E-state index < -0.39 is 0 Å². The predicted molar refractivity (Wildman–Crippen MR) is 61.8 cm³/mol. The Morgan fingerprint density at radius 3 is 2.86 bits per heavy atom. The van der Waals surface area contributed by atoms with Crippen LogP contribution in [-0.4, -0.2) is 16.6 Å². The van der Waals surface area contributed by atoms with Crippen molar-refractivity contribution in [1.82, 2.24) is 9.97 Å². The molecule has 2 rings (SSSR count). The van der Waals surface area contributed by atoms with Gasteiger partial charge in [0.25, 0.3) is 0 Å². The van der Waals surface area contributed by atoms with Gasteiger partial charge in [-0.1, -0.05) is 0 Å². The third-order valence-corrected chi connectivity index (χ3v) is 3.61. The van der Waals surface area contributed by atoms with Gasteiger partial charge in [0.2, 0.25) is 0 Å². The van der Waals surface area contributed by atoms with Crippen molar-refractivity contribution in [2.45, 2.75) is 25.9 Å². The first kappa shape index (κ1) is 10.1. The molecule has 0 bridgehead atoms. The second-order valence-corrected chi connectivity index (χ2v) is 4.45. The van der Waals surface area contributed by atoms with Crippen molar-refractivity contribution in [2.75, 3.05) is 12.3 Å². The summed E-state index contributed by atoms with van der Waals surface area (Å²) < 4.78 is 6.44. The van der Waals surface area contributed by atoms with E-state index in [9.17, 15) is 0 Å². The fourth-order valence-corrected chi connectivity index (χ4v) is 1.77. The van der Waals surface area contributed by atoms with Crippen molar-refractivity contribution >= 4 is 28.4 Å². The number of aryl methyl sites for hydroxylation is 1. The summed E-state index contributed by atoms with van der Waals surface area (Å²) in [6.07, 6.45) is 2.13. The molecule has 0 aromatic carbocycles. The third-order valence-electron chi connectivity index (χ3n) is 2.28. The molecule has 5 heteroatoms. The Morgan fingerprint density at radius 1 is 1.50 bits per heavy atom. The summed E-state index contributed by atoms with van der Waals surface area (Å²) in [6.45, 7) is 2.75. The molecule has 1 aromatic rings. The van der Waals surface area contributed by atoms with Crippen LogP contribution in [0.4, 0.5) is 5.82 Å². The summed E-state index contributed by atoms with van der Waals surface area (Å²) in [5, 5.41) is 0. The zero-order valence-electron chi connectivity index (χ0n) is 7.96. The largest absolute Gasteiger partial charge is 0.383 e. The second-order valence-electron chi connectivity index (χ2n) is 3.37. The Bertz CT molecular complexity index is 327. The minimum atomic E-state index is 0.0491. The van der Waals surface area contributed by atoms with Crippen LogP contribution >= 0.6 is 22.6 Å². The van der Waals surface area contributed by atoms with E-state index in [0.717, 1.165) is 34.5 Å². The normalized spacial score (nSPS) is 21.4. The molecule has 1 aliphatic rings. The van der Waals surface area contributed by atoms with Gasteiger partial charge in [-0.05, 0) is 42.4 Å². The number of nitrogens with zero attached hydrogens (tertiary/aromatic N) is 2. The smallest absolute Gasteiger partial charge is 0.159 e. The fourth-order valence-electron chi connectivity index (χ4n) is 1.53. The summed E-state index contributed by atoms with van der Waals surface area (Å²) in [6, 6.07) is 0. The molecular weight excluding hydrogens is 293 g/mol. The van der Waals surface area contributed by atoms with Crippen LogP contribution in [0.15, 0.2) is 0 Å². The maximum Gasteiger partial charge on any atom is 0.159 e. The molecule has 4 nitrogen and oxygen atoms in total. The number of nitrogens with two attached hydrogens (primary N) is 1. The molecule has 1 saturated heterocycles. The van der Waals surface area contributed by atoms with E-state index in [1.54, 1.807) is 0 Å². The van der Waals surface area contributed by atoms with Crippen molar-refractivity contribution in [3.05, 3.63) is 15.1 Å². The zero-order valence-corrected chi connectivity index (χ0v) is 10.1. The lowest BCUT2D eigenvalue weighted by molar-refractivity contribution is 0.105. The number of halogens is 1. The van der Waals surface area contributed by atoms with Gasteiger partial charge >= 0.3 is 0 Å². The Labute approximate surface area is 96.4 Å². The first-order valence-corrected chi connectivity index (χ1v) is 5.67. The number of ether oxygens (including phenoxy) is 1. The van der Waals surface area contributed by atoms with E-state index in [0.29, 0.717) is 5.82 Å². The standard InChI is InChI=1S/C9H12IN3O/c1-5-7(10)8(11)13-9(12-5)6-3-2-4-14-6/h6H,2-4H2,1H3,(H2,11,12,13). The molecule has 1 atom stereocenters. The number of hydrogen-bond donors (Lipinski definition) is 1. The molecule has 0 spiro atoms. The summed E-state index contributed by atoms with van der Waals surface area (Å²) in [5.74, 6) is 1.29. The Balaban J connectivity index is 2.34. The number of rotatable bonds is 1. The third kappa shape index (κ3) is 1.83. The quantitative estimate of drug-likeness (QED) is 0.804. The van der Waals surface area contributed by atoms with E-state index in [1.165, 1.54) is 0 Å². The summed E-state index contributed by atoms with van der Waals surface area (Å²) in [4.78, 5) is 8.64. The second kappa shape index (κ2) is 3.98. The Hall–Kier alpha value is -0.430. The number of aromatic nitrogens is 2. The van der Waals surface area contributed by atoms with Crippen molar-refractivity contribution < 1.29 is 4.74 Å². The molecule has 0 aliphatic carbocycles. The van der Waals surface area contributed by atoms with Crippen molar-refractivity contribution in [1.29, 1.82) is 0 Å². The highest BCUT2D eigenvalue weighted by Gasteiger charge is 2.21. The molecule has 76 valence electrons. The van der Waals surface area contributed by atoms with Gasteiger partial charge < -0.3 is 10.5 Å². The lowest BCUT2D eigenvalue weighted by Crippen LogP contribution is -2.08. The Morgan fingerprint density at radius 2 is 2.29 bits per heavy atom. The predicted octanol–water partition coefficient (Wildman–Crippen LogP) is 1.82. The van der Waals surface area contributed by atoms with E-state index in [2.05, 4.69) is 32.6 Å². The lowest BCUT2D eigenvalue weighted by Gasteiger charge is -2.10. The minimum absolute atomic E-state index is 0.0491. The van der Waals surface area contributed by atoms with Crippen LogP contribution < -0.4 is 5.73 Å². The molecule has 1 unspecified atom stereocenters. The van der Waals surface area contributed by atoms with Gasteiger partial charge in [-0.15, -0.1) is 0 Å². The molecule has 14 heavy (non-hydrogen) atoms. The van der Waals surface area contributed by atoms with Crippen LogP contribution in [0.25, 0.3) is 0 Å². The lowest BCUT2D eigenvalue weighted by atomic mass is 10.2. The summed E-state index contributed by atoms with van der Waals surface area (Å²) in [5.41, 5.74) is 6.71. The molecule has 2 heterocycles. The van der Waals surface area contributed by atoms with E-state index in [4.69, 9.17) is 10.5 Å². The van der Waals surface area contributed by atoms with Crippen LogP contribution in [0.2, 0.25) is 0 Å². The number of hydrogen-bond acceptors (Lipinski definition) is 4. The van der Waals surface area contributed by atoms with Crippen LogP contribution in [0.5, 0.6) is 0 Å². The number of anilines is 1. The highest BCUT2D eigenvalue weighted by atomic mass is 127. The molecule has 1 aliphatic heterocycles. The van der Waals surface area contributed by atoms with Crippen LogP contribution in [-0.2, 0) is 4.74 Å². The maximum atomic E-state index is 5.77. The first-order chi connectivity index (χ1) is 6.68. The van der Waals surface area contributed by atoms with Gasteiger partial charge in [-0.3, -0.25) is 0 Å². The first-order valence-electron chi connectivity index (χ1n) is 4.59. The maximum absolute atomic E-state index is 5.77. The van der Waals surface area contributed by atoms with Crippen molar-refractivity contribution in [3.63, 3.8) is 0 Å². The zero-order chi connectivity index (χ0) is 10.1. The van der Waals surface area contributed by atoms with Crippen LogP contribution in [0.1, 0.15) is 30.5 Å². The average molecular weight is 305 g/mol. The van der Waals surface area contributed by atoms with Gasteiger partial charge in [-0.2, -0.15) is 0 Å². The molecule has 0 radical (unpaired) electrons. The van der Waals surface area contributed by atoms with Gasteiger partial charge in [0.05, 0.1) is 9.26 Å². The van der Waals surface area contributed by atoms with Gasteiger partial charge in [0, 0.05) is 6.61 Å². The molecular formula is C9H12IN3O. The van der Waals surface area contributed by atoms with Crippen molar-refractivity contribution in [2.24, 2.45) is 0 Å². The Kier molecular flexibility index (Phi) is 2.87. The molecule has 0 amide bonds. The number of nitrogen functional groups attached to an aromatic ring is 1. The van der Waals surface area contributed by atoms with Crippen LogP contribution in [0.3, 0.4) is 0 Å². The van der Waals surface area contributed by atoms with E-state index >= 15 is 0 Å². The van der Waals surface area contributed by atoms with Gasteiger partial charge in [0.15, 0.2) is 5.82 Å². The highest BCUT2D eigenvalue weighted by molar-refractivity contribution is 14.1. The average Bonchev–Trinajstić information content (AvgIpc) is 2.66. The fraction of sp³-hybridized carbons (Fsp3) is 0.556. The van der Waals surface area contributed by atoms with Gasteiger partial charge in [0.1, 0.15) is 11.9 Å². The van der Waals surface area contributed by atoms with E-state index in [-0.39, 0.29) is 6.10 Å². The SMILES string of the molecule is Cc1nc(C2CCCO2)nc(N)c1I. The molecule has 2 N–H and O–H groups in total. The molecule has 0 saturated carbocycles. The highest BCUT2D eigenvalue weighted by Crippen LogP contribution is 2.27. The minimum Gasteiger partial charge on any atom is -0.383 e. The van der Waals surface area contributed by atoms with E-state index in [1.807, 2.05) is 6.92 Å². The topological polar surface area (TPSA) is 61.0 Å².